The lowest BCUT2D eigenvalue weighted by Gasteiger charge is -2.36. The third kappa shape index (κ3) is 5.36. The molecule has 12 heteroatoms. The zero-order valence-electron chi connectivity index (χ0n) is 17.1. The van der Waals surface area contributed by atoms with E-state index in [1.807, 2.05) is 0 Å². The van der Waals surface area contributed by atoms with Gasteiger partial charge in [-0.25, -0.2) is 23.7 Å². The van der Waals surface area contributed by atoms with Crippen LogP contribution in [0, 0.1) is 24.0 Å². The summed E-state index contributed by atoms with van der Waals surface area (Å²) in [7, 11) is 0. The van der Waals surface area contributed by atoms with E-state index in [4.69, 9.17) is 16.9 Å². The van der Waals surface area contributed by atoms with Crippen molar-refractivity contribution in [3.05, 3.63) is 53.0 Å². The van der Waals surface area contributed by atoms with Crippen LogP contribution in [0.4, 0.5) is 22.0 Å². The molecule has 1 aliphatic rings. The second-order valence-electron chi connectivity index (χ2n) is 7.35. The smallest absolute Gasteiger partial charge is 0.425 e. The number of alkyl halides is 3. The maximum atomic E-state index is 14.6. The van der Waals surface area contributed by atoms with Crippen LogP contribution in [0.15, 0.2) is 29.5 Å². The van der Waals surface area contributed by atoms with Crippen molar-refractivity contribution in [1.29, 1.82) is 0 Å². The van der Waals surface area contributed by atoms with Crippen molar-refractivity contribution in [2.24, 2.45) is 10.7 Å². The molecule has 2 heterocycles. The fraction of sp³-hybridized carbons (Fsp3) is 0.333. The molecule has 0 aliphatic carbocycles. The molecule has 0 spiro atoms. The highest BCUT2D eigenvalue weighted by Crippen LogP contribution is 2.41. The summed E-state index contributed by atoms with van der Waals surface area (Å²) >= 11 is 0. The number of rotatable bonds is 6. The van der Waals surface area contributed by atoms with Gasteiger partial charge in [0.05, 0.1) is 17.9 Å². The van der Waals surface area contributed by atoms with E-state index in [9.17, 15) is 26.7 Å². The summed E-state index contributed by atoms with van der Waals surface area (Å²) in [5.74, 6) is -1.04. The van der Waals surface area contributed by atoms with E-state index in [1.165, 1.54) is 13.1 Å². The molecule has 7 nitrogen and oxygen atoms in total. The Morgan fingerprint density at radius 2 is 2.06 bits per heavy atom. The lowest BCUT2D eigenvalue weighted by Crippen LogP contribution is -2.46. The summed E-state index contributed by atoms with van der Waals surface area (Å²) in [4.78, 5) is 24.1. The molecule has 0 bridgehead atoms. The lowest BCUT2D eigenvalue weighted by atomic mass is 9.84. The van der Waals surface area contributed by atoms with Crippen LogP contribution in [0.25, 0.3) is 0 Å². The summed E-state index contributed by atoms with van der Waals surface area (Å²) in [6, 6.07) is 1.03. The van der Waals surface area contributed by atoms with Gasteiger partial charge < -0.3 is 15.2 Å². The number of ether oxygens (including phenoxy) is 2. The number of hydrogen-bond donors (Lipinski definition) is 1. The fourth-order valence-corrected chi connectivity index (χ4v) is 3.28. The predicted molar refractivity (Wildman–Crippen MR) is 105 cm³/mol. The summed E-state index contributed by atoms with van der Waals surface area (Å²) in [6.45, 7) is 1.12. The minimum atomic E-state index is -4.81. The number of aliphatic imine (C=N–C) groups is 1. The van der Waals surface area contributed by atoms with Crippen LogP contribution in [0.1, 0.15) is 35.0 Å². The van der Waals surface area contributed by atoms with Crippen LogP contribution in [-0.4, -0.2) is 40.7 Å². The standard InChI is InChI=1S/C21H17F5N4O3/c1-3-4-32-17-10-28-14(9-29-17)15(31)7-11-5-12(18(23)13(22)6-11)20(2)8-16(21(24,25)26)33-19(27)30-20/h1,5-6,9-10,16H,4,7-8H2,2H3,(H2,27,30)/t16-,20-/m0/s1. The topological polar surface area (TPSA) is 99.7 Å². The number of aromatic nitrogens is 2. The van der Waals surface area contributed by atoms with E-state index >= 15 is 0 Å². The van der Waals surface area contributed by atoms with Gasteiger partial charge in [-0.2, -0.15) is 13.2 Å². The van der Waals surface area contributed by atoms with Crippen LogP contribution >= 0.6 is 0 Å². The second-order valence-corrected chi connectivity index (χ2v) is 7.35. The number of nitrogens with zero attached hydrogens (tertiary/aromatic N) is 3. The van der Waals surface area contributed by atoms with Crippen LogP contribution in [0.5, 0.6) is 5.88 Å². The quantitative estimate of drug-likeness (QED) is 0.398. The number of nitrogens with two attached hydrogens (primary N) is 1. The van der Waals surface area contributed by atoms with Gasteiger partial charge in [-0.05, 0) is 24.6 Å². The zero-order chi connectivity index (χ0) is 24.4. The normalized spacial score (nSPS) is 20.4. The zero-order valence-corrected chi connectivity index (χ0v) is 17.1. The van der Waals surface area contributed by atoms with Crippen molar-refractivity contribution in [3.8, 4) is 18.2 Å². The van der Waals surface area contributed by atoms with Crippen LogP contribution in [0.3, 0.4) is 0 Å². The van der Waals surface area contributed by atoms with Gasteiger partial charge >= 0.3 is 6.18 Å². The third-order valence-electron chi connectivity index (χ3n) is 4.82. The van der Waals surface area contributed by atoms with E-state index in [2.05, 4.69) is 25.6 Å². The molecule has 1 aromatic carbocycles. The first kappa shape index (κ1) is 23.9. The van der Waals surface area contributed by atoms with Crippen molar-refractivity contribution in [2.75, 3.05) is 6.61 Å². The molecule has 2 N–H and O–H groups in total. The van der Waals surface area contributed by atoms with Crippen LogP contribution < -0.4 is 10.5 Å². The minimum Gasteiger partial charge on any atom is -0.463 e. The van der Waals surface area contributed by atoms with Crippen LogP contribution in [-0.2, 0) is 16.7 Å². The number of hydrogen-bond acceptors (Lipinski definition) is 7. The Kier molecular flexibility index (Phi) is 6.53. The first-order valence-corrected chi connectivity index (χ1v) is 9.41. The van der Waals surface area contributed by atoms with E-state index < -0.39 is 59.7 Å². The molecular weight excluding hydrogens is 451 g/mol. The van der Waals surface area contributed by atoms with Crippen LogP contribution in [0.2, 0.25) is 0 Å². The molecule has 3 rings (SSSR count). The number of carbonyl (C=O) groups is 1. The minimum absolute atomic E-state index is 0.00611. The Bertz CT molecular complexity index is 1130. The van der Waals surface area contributed by atoms with Crippen molar-refractivity contribution in [1.82, 2.24) is 9.97 Å². The molecule has 0 amide bonds. The van der Waals surface area contributed by atoms with Crippen molar-refractivity contribution in [2.45, 2.75) is 37.6 Å². The van der Waals surface area contributed by atoms with Gasteiger partial charge in [0.1, 0.15) is 5.69 Å². The molecule has 0 radical (unpaired) electrons. The molecule has 0 unspecified atom stereocenters. The molecule has 1 aliphatic heterocycles. The van der Waals surface area contributed by atoms with Crippen molar-refractivity contribution < 1.29 is 36.2 Å². The number of Topliss-reactive ketones (excluding diaryl/α,β-unsaturated/α-hetero) is 1. The maximum Gasteiger partial charge on any atom is 0.425 e. The molecule has 33 heavy (non-hydrogen) atoms. The number of ketones is 1. The summed E-state index contributed by atoms with van der Waals surface area (Å²) < 4.78 is 78.2. The summed E-state index contributed by atoms with van der Waals surface area (Å²) in [5.41, 5.74) is 2.91. The molecule has 0 fully saturated rings. The first-order chi connectivity index (χ1) is 15.4. The Labute approximate surface area is 184 Å². The largest absolute Gasteiger partial charge is 0.463 e. The average molecular weight is 468 g/mol. The molecule has 0 saturated carbocycles. The molecule has 174 valence electrons. The second kappa shape index (κ2) is 9.01. The van der Waals surface area contributed by atoms with Gasteiger partial charge in [-0.1, -0.05) is 5.92 Å². The molecular formula is C21H17F5N4O3. The highest BCUT2D eigenvalue weighted by Gasteiger charge is 2.50. The highest BCUT2D eigenvalue weighted by molar-refractivity contribution is 5.95. The Morgan fingerprint density at radius 3 is 2.67 bits per heavy atom. The Hall–Kier alpha value is -3.75. The number of halogens is 5. The average Bonchev–Trinajstić information content (AvgIpc) is 2.73. The van der Waals surface area contributed by atoms with E-state index in [-0.39, 0.29) is 23.7 Å². The van der Waals surface area contributed by atoms with Gasteiger partial charge in [-0.15, -0.1) is 6.42 Å². The molecule has 2 aromatic rings. The Balaban J connectivity index is 1.89. The fourth-order valence-electron chi connectivity index (χ4n) is 3.28. The lowest BCUT2D eigenvalue weighted by molar-refractivity contribution is -0.208. The molecule has 0 saturated heterocycles. The predicted octanol–water partition coefficient (Wildman–Crippen LogP) is 3.07. The number of amidine groups is 1. The summed E-state index contributed by atoms with van der Waals surface area (Å²) in [6.07, 6.45) is -1.09. The van der Waals surface area contributed by atoms with Gasteiger partial charge in [0.2, 0.25) is 5.88 Å². The van der Waals surface area contributed by atoms with Gasteiger partial charge in [0.15, 0.2) is 30.1 Å². The maximum absolute atomic E-state index is 14.6. The SMILES string of the molecule is C#CCOc1cnc(C(=O)Cc2cc(F)c(F)c([C@]3(C)C[C@@H](C(F)(F)F)OC(N)=N3)c2)cn1. The molecule has 1 aromatic heterocycles. The summed E-state index contributed by atoms with van der Waals surface area (Å²) in [5, 5.41) is 0. The molecule has 2 atom stereocenters. The van der Waals surface area contributed by atoms with E-state index in [0.29, 0.717) is 0 Å². The number of terminal acetylenes is 1. The van der Waals surface area contributed by atoms with Gasteiger partial charge in [0, 0.05) is 18.4 Å². The van der Waals surface area contributed by atoms with Crippen molar-refractivity contribution in [3.63, 3.8) is 0 Å². The first-order valence-electron chi connectivity index (χ1n) is 9.41. The highest BCUT2D eigenvalue weighted by atomic mass is 19.4. The monoisotopic (exact) mass is 468 g/mol. The van der Waals surface area contributed by atoms with Crippen molar-refractivity contribution >= 4 is 11.8 Å². The Morgan fingerprint density at radius 1 is 1.33 bits per heavy atom. The number of carbonyl (C=O) groups excluding carboxylic acids is 1. The van der Waals surface area contributed by atoms with E-state index in [1.54, 1.807) is 0 Å². The third-order valence-corrected chi connectivity index (χ3v) is 4.82. The van der Waals surface area contributed by atoms with E-state index in [0.717, 1.165) is 18.3 Å². The van der Waals surface area contributed by atoms with Gasteiger partial charge in [-0.3, -0.25) is 4.79 Å². The number of benzene rings is 1. The van der Waals surface area contributed by atoms with Gasteiger partial charge in [0.25, 0.3) is 6.02 Å².